The molecule has 0 aliphatic rings. The van der Waals surface area contributed by atoms with E-state index in [1.54, 1.807) is 24.7 Å². The summed E-state index contributed by atoms with van der Waals surface area (Å²) in [6, 6.07) is 11.5. The molecule has 0 spiro atoms. The third-order valence-corrected chi connectivity index (χ3v) is 2.82. The zero-order chi connectivity index (χ0) is 15.2. The molecule has 5 heteroatoms. The maximum Gasteiger partial charge on any atom is 0.342 e. The van der Waals surface area contributed by atoms with E-state index in [2.05, 4.69) is 11.2 Å². The van der Waals surface area contributed by atoms with Gasteiger partial charge in [-0.25, -0.2) is 4.79 Å². The molecule has 0 aliphatic heterocycles. The third-order valence-electron chi connectivity index (χ3n) is 2.82. The molecule has 0 unspecified atom stereocenters. The second-order valence-electron chi connectivity index (χ2n) is 4.88. The molecule has 5 nitrogen and oxygen atoms in total. The molecule has 0 atom stereocenters. The highest BCUT2D eigenvalue weighted by Crippen LogP contribution is 2.23. The Bertz CT molecular complexity index is 654. The van der Waals surface area contributed by atoms with Crippen LogP contribution >= 0.6 is 0 Å². The van der Waals surface area contributed by atoms with Crippen molar-refractivity contribution in [2.24, 2.45) is 0 Å². The molecule has 0 aliphatic carbocycles. The van der Waals surface area contributed by atoms with Gasteiger partial charge in [-0.2, -0.15) is 10.4 Å². The first-order chi connectivity index (χ1) is 10.1. The highest BCUT2D eigenvalue weighted by atomic mass is 16.5. The van der Waals surface area contributed by atoms with Gasteiger partial charge in [0.25, 0.3) is 0 Å². The van der Waals surface area contributed by atoms with Gasteiger partial charge in [-0.15, -0.1) is 0 Å². The standard InChI is InChI=1S/C16H17N3O2/c1-12(2)21-16(20)14-11-19(10-6-9-17)18-15(14)13-7-4-3-5-8-13/h3-5,7-8,11-12H,6,10H2,1-2H3. The lowest BCUT2D eigenvalue weighted by atomic mass is 10.1. The van der Waals surface area contributed by atoms with Crippen LogP contribution in [0.15, 0.2) is 36.5 Å². The van der Waals surface area contributed by atoms with Gasteiger partial charge in [-0.3, -0.25) is 4.68 Å². The van der Waals surface area contributed by atoms with E-state index in [0.29, 0.717) is 24.2 Å². The largest absolute Gasteiger partial charge is 0.459 e. The molecule has 0 amide bonds. The molecule has 0 bridgehead atoms. The van der Waals surface area contributed by atoms with Gasteiger partial charge in [0.05, 0.1) is 25.1 Å². The summed E-state index contributed by atoms with van der Waals surface area (Å²) in [6.45, 7) is 4.06. The molecule has 21 heavy (non-hydrogen) atoms. The number of hydrogen-bond acceptors (Lipinski definition) is 4. The van der Waals surface area contributed by atoms with E-state index < -0.39 is 5.97 Å². The summed E-state index contributed by atoms with van der Waals surface area (Å²) in [4.78, 5) is 12.2. The van der Waals surface area contributed by atoms with Crippen LogP contribution in [0.3, 0.4) is 0 Å². The second-order valence-corrected chi connectivity index (χ2v) is 4.88. The first kappa shape index (κ1) is 14.8. The van der Waals surface area contributed by atoms with Gasteiger partial charge in [0.2, 0.25) is 0 Å². The summed E-state index contributed by atoms with van der Waals surface area (Å²) in [6.07, 6.45) is 1.79. The Hall–Kier alpha value is -2.61. The molecular formula is C16H17N3O2. The van der Waals surface area contributed by atoms with Gasteiger partial charge in [-0.05, 0) is 13.8 Å². The Labute approximate surface area is 123 Å². The van der Waals surface area contributed by atoms with Crippen molar-refractivity contribution < 1.29 is 9.53 Å². The summed E-state index contributed by atoms with van der Waals surface area (Å²) >= 11 is 0. The average Bonchev–Trinajstić information content (AvgIpc) is 2.89. The Balaban J connectivity index is 2.39. The summed E-state index contributed by atoms with van der Waals surface area (Å²) in [5, 5.41) is 13.1. The van der Waals surface area contributed by atoms with Gasteiger partial charge < -0.3 is 4.74 Å². The van der Waals surface area contributed by atoms with Gasteiger partial charge in [-0.1, -0.05) is 30.3 Å². The summed E-state index contributed by atoms with van der Waals surface area (Å²) in [7, 11) is 0. The summed E-state index contributed by atoms with van der Waals surface area (Å²) < 4.78 is 6.87. The summed E-state index contributed by atoms with van der Waals surface area (Å²) in [5.41, 5.74) is 1.86. The Morgan fingerprint density at radius 2 is 2.10 bits per heavy atom. The number of carbonyl (C=O) groups is 1. The number of benzene rings is 1. The average molecular weight is 283 g/mol. The van der Waals surface area contributed by atoms with Crippen molar-refractivity contribution in [3.63, 3.8) is 0 Å². The lowest BCUT2D eigenvalue weighted by Crippen LogP contribution is -2.11. The van der Waals surface area contributed by atoms with Crippen LogP contribution < -0.4 is 0 Å². The van der Waals surface area contributed by atoms with Crippen LogP contribution in [0.2, 0.25) is 0 Å². The normalized spacial score (nSPS) is 10.4. The maximum atomic E-state index is 12.2. The quantitative estimate of drug-likeness (QED) is 0.791. The highest BCUT2D eigenvalue weighted by Gasteiger charge is 2.19. The Kier molecular flexibility index (Phi) is 4.72. The SMILES string of the molecule is CC(C)OC(=O)c1cn(CCC#N)nc1-c1ccccc1. The zero-order valence-corrected chi connectivity index (χ0v) is 12.1. The number of esters is 1. The molecule has 1 heterocycles. The van der Waals surface area contributed by atoms with Crippen LogP contribution in [-0.2, 0) is 11.3 Å². The monoisotopic (exact) mass is 283 g/mol. The molecule has 1 aromatic heterocycles. The third kappa shape index (κ3) is 3.69. The molecule has 2 rings (SSSR count). The van der Waals surface area contributed by atoms with Crippen LogP contribution in [0.5, 0.6) is 0 Å². The number of rotatable bonds is 5. The van der Waals surface area contributed by atoms with Gasteiger partial charge in [0.1, 0.15) is 11.3 Å². The Morgan fingerprint density at radius 3 is 2.71 bits per heavy atom. The van der Waals surface area contributed by atoms with Crippen molar-refractivity contribution in [1.82, 2.24) is 9.78 Å². The van der Waals surface area contributed by atoms with E-state index >= 15 is 0 Å². The van der Waals surface area contributed by atoms with E-state index in [4.69, 9.17) is 10.00 Å². The van der Waals surface area contributed by atoms with Crippen molar-refractivity contribution in [2.75, 3.05) is 0 Å². The summed E-state index contributed by atoms with van der Waals surface area (Å²) in [5.74, 6) is -0.396. The fraction of sp³-hybridized carbons (Fsp3) is 0.312. The van der Waals surface area contributed by atoms with E-state index in [-0.39, 0.29) is 6.10 Å². The smallest absolute Gasteiger partial charge is 0.342 e. The van der Waals surface area contributed by atoms with E-state index in [9.17, 15) is 4.79 Å². The van der Waals surface area contributed by atoms with Gasteiger partial charge in [0.15, 0.2) is 0 Å². The first-order valence-corrected chi connectivity index (χ1v) is 6.82. The minimum absolute atomic E-state index is 0.191. The highest BCUT2D eigenvalue weighted by molar-refractivity contribution is 5.96. The predicted octanol–water partition coefficient (Wildman–Crippen LogP) is 3.03. The lowest BCUT2D eigenvalue weighted by Gasteiger charge is -2.07. The van der Waals surface area contributed by atoms with Crippen LogP contribution in [0.4, 0.5) is 0 Å². The number of hydrogen-bond donors (Lipinski definition) is 0. The number of aromatic nitrogens is 2. The lowest BCUT2D eigenvalue weighted by molar-refractivity contribution is 0.0378. The minimum atomic E-state index is -0.396. The van der Waals surface area contributed by atoms with Crippen molar-refractivity contribution in [2.45, 2.75) is 32.9 Å². The van der Waals surface area contributed by atoms with Crippen LogP contribution in [-0.4, -0.2) is 21.9 Å². The fourth-order valence-corrected chi connectivity index (χ4v) is 1.94. The molecule has 1 aromatic carbocycles. The number of nitrogens with zero attached hydrogens (tertiary/aromatic N) is 3. The number of ether oxygens (including phenoxy) is 1. The molecule has 0 radical (unpaired) electrons. The molecule has 0 saturated heterocycles. The minimum Gasteiger partial charge on any atom is -0.459 e. The van der Waals surface area contributed by atoms with Crippen molar-refractivity contribution in [1.29, 1.82) is 5.26 Å². The second kappa shape index (κ2) is 6.71. The molecular weight excluding hydrogens is 266 g/mol. The van der Waals surface area contributed by atoms with Gasteiger partial charge in [0, 0.05) is 11.8 Å². The number of carbonyl (C=O) groups excluding carboxylic acids is 1. The van der Waals surface area contributed by atoms with E-state index in [1.165, 1.54) is 0 Å². The molecule has 0 fully saturated rings. The first-order valence-electron chi connectivity index (χ1n) is 6.82. The molecule has 108 valence electrons. The van der Waals surface area contributed by atoms with Crippen molar-refractivity contribution in [3.05, 3.63) is 42.1 Å². The molecule has 2 aromatic rings. The fourth-order valence-electron chi connectivity index (χ4n) is 1.94. The van der Waals surface area contributed by atoms with Crippen molar-refractivity contribution in [3.8, 4) is 17.3 Å². The number of nitriles is 1. The van der Waals surface area contributed by atoms with E-state index in [1.807, 2.05) is 30.3 Å². The molecule has 0 N–H and O–H groups in total. The van der Waals surface area contributed by atoms with Crippen molar-refractivity contribution >= 4 is 5.97 Å². The van der Waals surface area contributed by atoms with Crippen LogP contribution in [0.25, 0.3) is 11.3 Å². The predicted molar refractivity (Wildman–Crippen MR) is 78.4 cm³/mol. The van der Waals surface area contributed by atoms with E-state index in [0.717, 1.165) is 5.56 Å². The Morgan fingerprint density at radius 1 is 1.38 bits per heavy atom. The topological polar surface area (TPSA) is 67.9 Å². The van der Waals surface area contributed by atoms with Crippen LogP contribution in [0.1, 0.15) is 30.6 Å². The molecule has 0 saturated carbocycles. The maximum absolute atomic E-state index is 12.2. The van der Waals surface area contributed by atoms with Crippen LogP contribution in [0, 0.1) is 11.3 Å². The van der Waals surface area contributed by atoms with Gasteiger partial charge >= 0.3 is 5.97 Å². The zero-order valence-electron chi connectivity index (χ0n) is 12.1. The number of aryl methyl sites for hydroxylation is 1.